The van der Waals surface area contributed by atoms with Crippen LogP contribution in [0, 0.1) is 0 Å². The van der Waals surface area contributed by atoms with E-state index in [1.807, 2.05) is 36.4 Å². The summed E-state index contributed by atoms with van der Waals surface area (Å²) in [6.45, 7) is 1.09. The van der Waals surface area contributed by atoms with Gasteiger partial charge in [0.1, 0.15) is 11.1 Å². The van der Waals surface area contributed by atoms with Crippen LogP contribution in [0.1, 0.15) is 5.56 Å². The number of aromatic nitrogens is 1. The van der Waals surface area contributed by atoms with E-state index in [1.165, 1.54) is 0 Å². The van der Waals surface area contributed by atoms with Gasteiger partial charge in [-0.3, -0.25) is 4.79 Å². The lowest BCUT2D eigenvalue weighted by Crippen LogP contribution is -2.55. The second-order valence-corrected chi connectivity index (χ2v) is 5.42. The van der Waals surface area contributed by atoms with Crippen LogP contribution in [-0.2, 0) is 4.79 Å². The van der Waals surface area contributed by atoms with Crippen LogP contribution < -0.4 is 4.74 Å². The van der Waals surface area contributed by atoms with Crippen LogP contribution in [0.3, 0.4) is 0 Å². The molecule has 1 aliphatic rings. The summed E-state index contributed by atoms with van der Waals surface area (Å²) in [5.74, 6) is 0.400. The number of carbonyl (C=O) groups excluding carboxylic acids is 1. The molecule has 1 aromatic carbocycles. The van der Waals surface area contributed by atoms with E-state index in [4.69, 9.17) is 16.3 Å². The fraction of sp³-hybridized carbons (Fsp3) is 0.176. The normalized spacial score (nSPS) is 14.9. The molecule has 1 aromatic heterocycles. The highest BCUT2D eigenvalue weighted by atomic mass is 35.5. The van der Waals surface area contributed by atoms with Crippen molar-refractivity contribution >= 4 is 23.6 Å². The number of rotatable bonds is 4. The van der Waals surface area contributed by atoms with Gasteiger partial charge < -0.3 is 9.64 Å². The molecule has 3 rings (SSSR count). The highest BCUT2D eigenvalue weighted by Crippen LogP contribution is 2.24. The Morgan fingerprint density at radius 3 is 2.73 bits per heavy atom. The van der Waals surface area contributed by atoms with Crippen LogP contribution in [0.2, 0.25) is 5.02 Å². The Morgan fingerprint density at radius 2 is 2.00 bits per heavy atom. The Kier molecular flexibility index (Phi) is 4.39. The summed E-state index contributed by atoms with van der Waals surface area (Å²) in [5.41, 5.74) is 1.00. The number of pyridine rings is 1. The third-order valence-electron chi connectivity index (χ3n) is 3.38. The van der Waals surface area contributed by atoms with Crippen molar-refractivity contribution < 1.29 is 9.53 Å². The van der Waals surface area contributed by atoms with E-state index in [1.54, 1.807) is 29.3 Å². The first-order valence-corrected chi connectivity index (χ1v) is 7.39. The number of nitrogens with zero attached hydrogens (tertiary/aromatic N) is 2. The summed E-state index contributed by atoms with van der Waals surface area (Å²) in [6.07, 6.45) is 4.97. The maximum atomic E-state index is 12.0. The molecular formula is C17H15ClN2O2. The SMILES string of the molecule is O=C(/C=C/c1ccccc1)N1CC(Oc2ncccc2Cl)C1. The second kappa shape index (κ2) is 6.62. The van der Waals surface area contributed by atoms with Gasteiger partial charge in [0.2, 0.25) is 11.8 Å². The summed E-state index contributed by atoms with van der Waals surface area (Å²) in [4.78, 5) is 17.8. The van der Waals surface area contributed by atoms with Gasteiger partial charge in [0.05, 0.1) is 13.1 Å². The molecule has 0 saturated carbocycles. The molecule has 1 fully saturated rings. The summed E-state index contributed by atoms with van der Waals surface area (Å²) in [7, 11) is 0. The minimum atomic E-state index is -0.0542. The Balaban J connectivity index is 1.50. The molecule has 5 heteroatoms. The van der Waals surface area contributed by atoms with Crippen LogP contribution in [0.4, 0.5) is 0 Å². The van der Waals surface area contributed by atoms with Gasteiger partial charge >= 0.3 is 0 Å². The molecule has 112 valence electrons. The molecule has 0 N–H and O–H groups in total. The van der Waals surface area contributed by atoms with Crippen molar-refractivity contribution in [1.29, 1.82) is 0 Å². The number of benzene rings is 1. The monoisotopic (exact) mass is 314 g/mol. The molecule has 0 spiro atoms. The lowest BCUT2D eigenvalue weighted by molar-refractivity contribution is -0.134. The molecule has 0 aliphatic carbocycles. The largest absolute Gasteiger partial charge is 0.470 e. The van der Waals surface area contributed by atoms with E-state index in [-0.39, 0.29) is 12.0 Å². The zero-order valence-corrected chi connectivity index (χ0v) is 12.6. The summed E-state index contributed by atoms with van der Waals surface area (Å²) in [6, 6.07) is 13.2. The van der Waals surface area contributed by atoms with Crippen molar-refractivity contribution in [3.05, 3.63) is 65.3 Å². The fourth-order valence-corrected chi connectivity index (χ4v) is 2.31. The van der Waals surface area contributed by atoms with Gasteiger partial charge in [0, 0.05) is 12.3 Å². The molecule has 0 atom stereocenters. The average Bonchev–Trinajstić information content (AvgIpc) is 2.51. The summed E-state index contributed by atoms with van der Waals surface area (Å²) in [5, 5.41) is 0.483. The van der Waals surface area contributed by atoms with Gasteiger partial charge in [0.15, 0.2) is 0 Å². The van der Waals surface area contributed by atoms with Gasteiger partial charge in [-0.2, -0.15) is 0 Å². The van der Waals surface area contributed by atoms with Gasteiger partial charge in [-0.25, -0.2) is 4.98 Å². The van der Waals surface area contributed by atoms with Crippen LogP contribution in [0.15, 0.2) is 54.7 Å². The van der Waals surface area contributed by atoms with E-state index in [2.05, 4.69) is 4.98 Å². The Morgan fingerprint density at radius 1 is 1.23 bits per heavy atom. The van der Waals surface area contributed by atoms with Crippen molar-refractivity contribution in [2.24, 2.45) is 0 Å². The van der Waals surface area contributed by atoms with Crippen molar-refractivity contribution in [3.63, 3.8) is 0 Å². The number of amides is 1. The van der Waals surface area contributed by atoms with E-state index in [0.717, 1.165) is 5.56 Å². The average molecular weight is 315 g/mol. The zero-order chi connectivity index (χ0) is 15.4. The predicted octanol–water partition coefficient (Wildman–Crippen LogP) is 3.04. The first kappa shape index (κ1) is 14.6. The third kappa shape index (κ3) is 3.46. The Hall–Kier alpha value is -2.33. The molecule has 22 heavy (non-hydrogen) atoms. The van der Waals surface area contributed by atoms with E-state index in [9.17, 15) is 4.79 Å². The summed E-state index contributed by atoms with van der Waals surface area (Å²) >= 11 is 5.99. The van der Waals surface area contributed by atoms with Crippen molar-refractivity contribution in [2.75, 3.05) is 13.1 Å². The molecule has 4 nitrogen and oxygen atoms in total. The van der Waals surface area contributed by atoms with E-state index < -0.39 is 0 Å². The van der Waals surface area contributed by atoms with Crippen molar-refractivity contribution in [3.8, 4) is 5.88 Å². The van der Waals surface area contributed by atoms with Crippen molar-refractivity contribution in [1.82, 2.24) is 9.88 Å². The topological polar surface area (TPSA) is 42.4 Å². The molecule has 1 amide bonds. The molecule has 0 radical (unpaired) electrons. The summed E-state index contributed by atoms with van der Waals surface area (Å²) < 4.78 is 5.66. The number of ether oxygens (including phenoxy) is 1. The molecule has 2 heterocycles. The third-order valence-corrected chi connectivity index (χ3v) is 3.67. The minimum absolute atomic E-state index is 0.0178. The van der Waals surface area contributed by atoms with E-state index in [0.29, 0.717) is 24.0 Å². The van der Waals surface area contributed by atoms with Crippen LogP contribution >= 0.6 is 11.6 Å². The van der Waals surface area contributed by atoms with Gasteiger partial charge in [0.25, 0.3) is 0 Å². The molecule has 1 saturated heterocycles. The number of hydrogen-bond donors (Lipinski definition) is 0. The number of likely N-dealkylation sites (tertiary alicyclic amines) is 1. The second-order valence-electron chi connectivity index (χ2n) is 5.02. The Bertz CT molecular complexity index is 682. The molecule has 0 bridgehead atoms. The van der Waals surface area contributed by atoms with Gasteiger partial charge in [-0.1, -0.05) is 41.9 Å². The maximum absolute atomic E-state index is 12.0. The first-order valence-electron chi connectivity index (χ1n) is 7.01. The number of carbonyl (C=O) groups is 1. The van der Waals surface area contributed by atoms with Crippen molar-refractivity contribution in [2.45, 2.75) is 6.10 Å². The number of hydrogen-bond acceptors (Lipinski definition) is 3. The highest BCUT2D eigenvalue weighted by molar-refractivity contribution is 6.31. The maximum Gasteiger partial charge on any atom is 0.246 e. The zero-order valence-electron chi connectivity index (χ0n) is 11.9. The van der Waals surface area contributed by atoms with Crippen LogP contribution in [0.5, 0.6) is 5.88 Å². The van der Waals surface area contributed by atoms with Gasteiger partial charge in [-0.05, 0) is 23.8 Å². The first-order chi connectivity index (χ1) is 10.7. The molecule has 2 aromatic rings. The fourth-order valence-electron chi connectivity index (χ4n) is 2.15. The smallest absolute Gasteiger partial charge is 0.246 e. The molecule has 0 unspecified atom stereocenters. The quantitative estimate of drug-likeness (QED) is 0.815. The minimum Gasteiger partial charge on any atom is -0.470 e. The Labute approximate surface area is 134 Å². The molecule has 1 aliphatic heterocycles. The lowest BCUT2D eigenvalue weighted by Gasteiger charge is -2.38. The number of halogens is 1. The molecular weight excluding hydrogens is 300 g/mol. The highest BCUT2D eigenvalue weighted by Gasteiger charge is 2.31. The predicted molar refractivity (Wildman–Crippen MR) is 85.7 cm³/mol. The lowest BCUT2D eigenvalue weighted by atomic mass is 10.1. The van der Waals surface area contributed by atoms with E-state index >= 15 is 0 Å². The van der Waals surface area contributed by atoms with Crippen LogP contribution in [0.25, 0.3) is 6.08 Å². The van der Waals surface area contributed by atoms with Gasteiger partial charge in [-0.15, -0.1) is 0 Å². The standard InChI is InChI=1S/C17H15ClN2O2/c18-15-7-4-10-19-17(15)22-14-11-20(12-14)16(21)9-8-13-5-2-1-3-6-13/h1-10,14H,11-12H2/b9-8+. The van der Waals surface area contributed by atoms with Crippen LogP contribution in [-0.4, -0.2) is 35.0 Å².